The highest BCUT2D eigenvalue weighted by atomic mass is 16.5. The van der Waals surface area contributed by atoms with Crippen LogP contribution in [0.5, 0.6) is 0 Å². The smallest absolute Gasteiger partial charge is 0.306 e. The lowest BCUT2D eigenvalue weighted by molar-refractivity contribution is -0.142. The van der Waals surface area contributed by atoms with Gasteiger partial charge in [0, 0.05) is 6.42 Å². The lowest BCUT2D eigenvalue weighted by Crippen LogP contribution is -2.17. The Morgan fingerprint density at radius 1 is 0.657 bits per heavy atom. The summed E-state index contributed by atoms with van der Waals surface area (Å²) in [7, 11) is 4.40. The summed E-state index contributed by atoms with van der Waals surface area (Å²) in [5, 5.41) is 0. The minimum absolute atomic E-state index is 0.0327. The average molecular weight is 494 g/mol. The number of hydrogen-bond acceptors (Lipinski definition) is 3. The van der Waals surface area contributed by atoms with Crippen LogP contribution in [0.25, 0.3) is 0 Å². The topological polar surface area (TPSA) is 29.5 Å². The fourth-order valence-electron chi connectivity index (χ4n) is 4.76. The third-order valence-corrected chi connectivity index (χ3v) is 7.18. The number of rotatable bonds is 27. The largest absolute Gasteiger partial charge is 0.461 e. The van der Waals surface area contributed by atoms with Crippen LogP contribution in [0, 0.1) is 5.92 Å². The van der Waals surface area contributed by atoms with E-state index >= 15 is 0 Å². The van der Waals surface area contributed by atoms with Crippen LogP contribution < -0.4 is 0 Å². The molecule has 208 valence electrons. The van der Waals surface area contributed by atoms with Crippen molar-refractivity contribution in [2.75, 3.05) is 27.2 Å². The molecule has 0 rings (SSSR count). The minimum atomic E-state index is -0.0327. The Labute approximate surface area is 220 Å². The van der Waals surface area contributed by atoms with E-state index in [0.717, 1.165) is 25.2 Å². The first-order valence-corrected chi connectivity index (χ1v) is 15.5. The fourth-order valence-corrected chi connectivity index (χ4v) is 4.76. The molecule has 1 unspecified atom stereocenters. The first-order chi connectivity index (χ1) is 17.1. The van der Waals surface area contributed by atoms with Gasteiger partial charge in [0.05, 0.1) is 0 Å². The van der Waals surface area contributed by atoms with E-state index in [1.165, 1.54) is 122 Å². The maximum atomic E-state index is 11.9. The molecule has 0 aromatic rings. The Hall–Kier alpha value is -0.830. The number of esters is 1. The van der Waals surface area contributed by atoms with Crippen molar-refractivity contribution in [3.63, 3.8) is 0 Å². The van der Waals surface area contributed by atoms with Gasteiger partial charge in [-0.05, 0) is 52.2 Å². The van der Waals surface area contributed by atoms with Gasteiger partial charge in [-0.2, -0.15) is 0 Å². The second-order valence-electron chi connectivity index (χ2n) is 11.0. The number of allylic oxidation sites excluding steroid dienone is 1. The van der Waals surface area contributed by atoms with Crippen molar-refractivity contribution in [1.29, 1.82) is 0 Å². The van der Waals surface area contributed by atoms with Gasteiger partial charge in [-0.3, -0.25) is 4.79 Å². The van der Waals surface area contributed by atoms with Crippen molar-refractivity contribution in [3.8, 4) is 0 Å². The molecule has 0 saturated carbocycles. The first-order valence-electron chi connectivity index (χ1n) is 15.5. The standard InChI is InChI=1S/C32H63NO2/c1-5-7-9-11-13-17-21-25-31(28-29-33(3)4)26-22-18-14-15-19-23-27-32(34)35-30-24-20-16-12-10-8-6-2/h20,24,31H,5-19,21-23,25-30H2,1-4H3/b24-20-. The maximum Gasteiger partial charge on any atom is 0.306 e. The second kappa shape index (κ2) is 27.8. The summed E-state index contributed by atoms with van der Waals surface area (Å²) in [5.41, 5.74) is 0. The highest BCUT2D eigenvalue weighted by Gasteiger charge is 2.09. The highest BCUT2D eigenvalue weighted by molar-refractivity contribution is 5.69. The van der Waals surface area contributed by atoms with Gasteiger partial charge < -0.3 is 9.64 Å². The van der Waals surface area contributed by atoms with Crippen LogP contribution in [0.3, 0.4) is 0 Å². The maximum absolute atomic E-state index is 11.9. The summed E-state index contributed by atoms with van der Waals surface area (Å²) in [4.78, 5) is 14.2. The SMILES string of the molecule is CCCCCC/C=C\COC(=O)CCCCCCCCC(CCCCCCCCC)CCN(C)C. The van der Waals surface area contributed by atoms with Gasteiger partial charge in [0.25, 0.3) is 0 Å². The molecule has 0 radical (unpaired) electrons. The van der Waals surface area contributed by atoms with Gasteiger partial charge in [-0.1, -0.05) is 135 Å². The van der Waals surface area contributed by atoms with Crippen molar-refractivity contribution in [2.24, 2.45) is 5.92 Å². The molecule has 1 atom stereocenters. The average Bonchev–Trinajstić information content (AvgIpc) is 2.84. The van der Waals surface area contributed by atoms with Crippen LogP contribution in [0.2, 0.25) is 0 Å². The van der Waals surface area contributed by atoms with Gasteiger partial charge in [0.1, 0.15) is 6.61 Å². The molecule has 0 aliphatic heterocycles. The molecule has 0 aromatic heterocycles. The quantitative estimate of drug-likeness (QED) is 0.0647. The van der Waals surface area contributed by atoms with Crippen LogP contribution in [-0.4, -0.2) is 38.1 Å². The molecule has 3 nitrogen and oxygen atoms in total. The van der Waals surface area contributed by atoms with Gasteiger partial charge in [-0.25, -0.2) is 0 Å². The summed E-state index contributed by atoms with van der Waals surface area (Å²) in [5.74, 6) is 0.878. The summed E-state index contributed by atoms with van der Waals surface area (Å²) < 4.78 is 5.32. The molecule has 0 saturated heterocycles. The molecule has 0 aliphatic carbocycles. The van der Waals surface area contributed by atoms with Crippen molar-refractivity contribution in [2.45, 2.75) is 155 Å². The zero-order valence-corrected chi connectivity index (χ0v) is 24.5. The first kappa shape index (κ1) is 34.2. The summed E-state index contributed by atoms with van der Waals surface area (Å²) >= 11 is 0. The Kier molecular flexibility index (Phi) is 27.1. The van der Waals surface area contributed by atoms with Crippen molar-refractivity contribution >= 4 is 5.97 Å². The zero-order valence-electron chi connectivity index (χ0n) is 24.5. The minimum Gasteiger partial charge on any atom is -0.461 e. The van der Waals surface area contributed by atoms with E-state index in [1.807, 2.05) is 6.08 Å². The Morgan fingerprint density at radius 2 is 1.17 bits per heavy atom. The molecule has 0 aromatic carbocycles. The van der Waals surface area contributed by atoms with E-state index in [1.54, 1.807) is 0 Å². The molecule has 0 bridgehead atoms. The van der Waals surface area contributed by atoms with Crippen LogP contribution in [-0.2, 0) is 9.53 Å². The monoisotopic (exact) mass is 493 g/mol. The van der Waals surface area contributed by atoms with Gasteiger partial charge in [0.2, 0.25) is 0 Å². The van der Waals surface area contributed by atoms with Crippen LogP contribution >= 0.6 is 0 Å². The Morgan fingerprint density at radius 3 is 1.74 bits per heavy atom. The van der Waals surface area contributed by atoms with Crippen molar-refractivity contribution in [1.82, 2.24) is 4.90 Å². The van der Waals surface area contributed by atoms with E-state index in [0.29, 0.717) is 13.0 Å². The third kappa shape index (κ3) is 27.6. The van der Waals surface area contributed by atoms with Gasteiger partial charge >= 0.3 is 5.97 Å². The predicted molar refractivity (Wildman–Crippen MR) is 155 cm³/mol. The third-order valence-electron chi connectivity index (χ3n) is 7.18. The number of ether oxygens (including phenoxy) is 1. The number of carbonyl (C=O) groups excluding carboxylic acids is 1. The lowest BCUT2D eigenvalue weighted by Gasteiger charge is -2.19. The normalized spacial score (nSPS) is 12.6. The van der Waals surface area contributed by atoms with Gasteiger partial charge in [0.15, 0.2) is 0 Å². The van der Waals surface area contributed by atoms with E-state index in [2.05, 4.69) is 38.9 Å². The molecule has 35 heavy (non-hydrogen) atoms. The zero-order chi connectivity index (χ0) is 25.8. The molecular weight excluding hydrogens is 430 g/mol. The van der Waals surface area contributed by atoms with Crippen LogP contribution in [0.1, 0.15) is 155 Å². The van der Waals surface area contributed by atoms with Crippen LogP contribution in [0.15, 0.2) is 12.2 Å². The molecular formula is C32H63NO2. The van der Waals surface area contributed by atoms with E-state index < -0.39 is 0 Å². The number of unbranched alkanes of at least 4 members (excludes halogenated alkanes) is 15. The van der Waals surface area contributed by atoms with E-state index in [4.69, 9.17) is 4.74 Å². The Bertz CT molecular complexity index is 460. The molecule has 0 amide bonds. The number of hydrogen-bond donors (Lipinski definition) is 0. The molecule has 0 heterocycles. The molecule has 3 heteroatoms. The number of carbonyl (C=O) groups is 1. The highest BCUT2D eigenvalue weighted by Crippen LogP contribution is 2.22. The summed E-state index contributed by atoms with van der Waals surface area (Å²) in [6, 6.07) is 0. The van der Waals surface area contributed by atoms with E-state index in [9.17, 15) is 4.79 Å². The molecule has 0 aliphatic rings. The molecule has 0 spiro atoms. The van der Waals surface area contributed by atoms with E-state index in [-0.39, 0.29) is 5.97 Å². The van der Waals surface area contributed by atoms with Crippen molar-refractivity contribution in [3.05, 3.63) is 12.2 Å². The van der Waals surface area contributed by atoms with Gasteiger partial charge in [-0.15, -0.1) is 0 Å². The predicted octanol–water partition coefficient (Wildman–Crippen LogP) is 9.89. The second-order valence-corrected chi connectivity index (χ2v) is 11.0. The fraction of sp³-hybridized carbons (Fsp3) is 0.906. The molecule has 0 N–H and O–H groups in total. The van der Waals surface area contributed by atoms with Crippen LogP contribution in [0.4, 0.5) is 0 Å². The molecule has 0 fully saturated rings. The lowest BCUT2D eigenvalue weighted by atomic mass is 9.91. The Balaban J connectivity index is 3.68. The summed E-state index contributed by atoms with van der Waals surface area (Å²) in [6.07, 6.45) is 32.5. The number of nitrogens with zero attached hydrogens (tertiary/aromatic N) is 1. The summed E-state index contributed by atoms with van der Waals surface area (Å²) in [6.45, 7) is 6.20. The van der Waals surface area contributed by atoms with Crippen molar-refractivity contribution < 1.29 is 9.53 Å².